The third-order valence-corrected chi connectivity index (χ3v) is 6.24. The summed E-state index contributed by atoms with van der Waals surface area (Å²) in [5, 5.41) is 9.38. The first-order chi connectivity index (χ1) is 16.3. The van der Waals surface area contributed by atoms with E-state index in [0.717, 1.165) is 51.6 Å². The van der Waals surface area contributed by atoms with Gasteiger partial charge in [0, 0.05) is 11.1 Å². The Labute approximate surface area is 202 Å². The number of benzene rings is 3. The number of rotatable bonds is 6. The first-order valence-corrected chi connectivity index (χ1v) is 11.3. The highest BCUT2D eigenvalue weighted by atomic mass is 35.5. The van der Waals surface area contributed by atoms with E-state index in [0.29, 0.717) is 23.4 Å². The minimum atomic E-state index is -1.19. The number of carboxylic acids is 1. The summed E-state index contributed by atoms with van der Waals surface area (Å²) in [7, 11) is 0. The second kappa shape index (κ2) is 9.78. The normalized spacial score (nSPS) is 13.6. The van der Waals surface area contributed by atoms with Gasteiger partial charge >= 0.3 is 5.97 Å². The van der Waals surface area contributed by atoms with Crippen LogP contribution in [0, 0.1) is 18.6 Å². The molecule has 0 unspecified atom stereocenters. The standard InChI is InChI=1S/C29H23ClF2O2/c1-3-22(23-10-8-17(2)12-24(23)30)28(21-15-19-6-4-5-7-20(19)16-21)29-25(31)13-18(14-26(29)32)9-11-27(33)34/h4-15H,3,16H2,1-2H3,(H,33,34)/b11-9+,28-22-. The van der Waals surface area contributed by atoms with Gasteiger partial charge in [-0.15, -0.1) is 0 Å². The Morgan fingerprint density at radius 2 is 1.79 bits per heavy atom. The second-order valence-corrected chi connectivity index (χ2v) is 8.67. The van der Waals surface area contributed by atoms with Crippen LogP contribution in [0.2, 0.25) is 5.02 Å². The van der Waals surface area contributed by atoms with Gasteiger partial charge < -0.3 is 5.11 Å². The van der Waals surface area contributed by atoms with Crippen LogP contribution < -0.4 is 0 Å². The molecule has 0 amide bonds. The molecule has 5 heteroatoms. The summed E-state index contributed by atoms with van der Waals surface area (Å²) < 4.78 is 31.1. The summed E-state index contributed by atoms with van der Waals surface area (Å²) >= 11 is 6.60. The molecule has 34 heavy (non-hydrogen) atoms. The van der Waals surface area contributed by atoms with Crippen LogP contribution >= 0.6 is 11.6 Å². The molecule has 0 saturated carbocycles. The van der Waals surface area contributed by atoms with Crippen molar-refractivity contribution in [2.45, 2.75) is 26.7 Å². The second-order valence-electron chi connectivity index (χ2n) is 8.27. The van der Waals surface area contributed by atoms with Gasteiger partial charge in [0.25, 0.3) is 0 Å². The van der Waals surface area contributed by atoms with Crippen molar-refractivity contribution >= 4 is 40.9 Å². The maximum absolute atomic E-state index is 15.5. The quantitative estimate of drug-likeness (QED) is 0.289. The van der Waals surface area contributed by atoms with E-state index in [1.165, 1.54) is 6.08 Å². The van der Waals surface area contributed by atoms with Crippen LogP contribution in [0.15, 0.2) is 66.2 Å². The van der Waals surface area contributed by atoms with Crippen molar-refractivity contribution in [3.8, 4) is 0 Å². The number of aryl methyl sites for hydroxylation is 1. The summed E-state index contributed by atoms with van der Waals surface area (Å²) in [4.78, 5) is 10.8. The Balaban J connectivity index is 1.98. The Hall–Kier alpha value is -3.50. The Bertz CT molecular complexity index is 1360. The van der Waals surface area contributed by atoms with Gasteiger partial charge in [0.2, 0.25) is 0 Å². The number of hydrogen-bond acceptors (Lipinski definition) is 1. The molecule has 1 N–H and O–H groups in total. The fourth-order valence-corrected chi connectivity index (χ4v) is 4.76. The molecule has 172 valence electrons. The first-order valence-electron chi connectivity index (χ1n) is 11.0. The minimum Gasteiger partial charge on any atom is -0.478 e. The van der Waals surface area contributed by atoms with Gasteiger partial charge in [0.15, 0.2) is 0 Å². The molecule has 0 spiro atoms. The van der Waals surface area contributed by atoms with E-state index >= 15 is 8.78 Å². The van der Waals surface area contributed by atoms with E-state index in [4.69, 9.17) is 16.7 Å². The summed E-state index contributed by atoms with van der Waals surface area (Å²) in [6, 6.07) is 15.8. The van der Waals surface area contributed by atoms with Gasteiger partial charge in [-0.05, 0) is 88.6 Å². The highest BCUT2D eigenvalue weighted by Gasteiger charge is 2.26. The van der Waals surface area contributed by atoms with Crippen LogP contribution in [0.25, 0.3) is 23.3 Å². The van der Waals surface area contributed by atoms with Gasteiger partial charge in [0.1, 0.15) is 11.6 Å². The van der Waals surface area contributed by atoms with Gasteiger partial charge in [-0.3, -0.25) is 0 Å². The number of allylic oxidation sites excluding steroid dienone is 3. The van der Waals surface area contributed by atoms with Crippen LogP contribution in [0.1, 0.15) is 46.7 Å². The van der Waals surface area contributed by atoms with Crippen molar-refractivity contribution in [3.05, 3.63) is 116 Å². The molecule has 0 radical (unpaired) electrons. The average molecular weight is 477 g/mol. The third-order valence-electron chi connectivity index (χ3n) is 5.92. The van der Waals surface area contributed by atoms with Crippen molar-refractivity contribution in [1.82, 2.24) is 0 Å². The lowest BCUT2D eigenvalue weighted by Crippen LogP contribution is -2.03. The van der Waals surface area contributed by atoms with E-state index < -0.39 is 17.6 Å². The predicted octanol–water partition coefficient (Wildman–Crippen LogP) is 7.98. The Morgan fingerprint density at radius 3 is 2.41 bits per heavy atom. The largest absolute Gasteiger partial charge is 0.478 e. The zero-order chi connectivity index (χ0) is 24.4. The van der Waals surface area contributed by atoms with E-state index in [9.17, 15) is 4.79 Å². The van der Waals surface area contributed by atoms with Gasteiger partial charge in [0.05, 0.1) is 5.56 Å². The lowest BCUT2D eigenvalue weighted by molar-refractivity contribution is -0.131. The maximum Gasteiger partial charge on any atom is 0.328 e. The van der Waals surface area contributed by atoms with Crippen LogP contribution in [-0.4, -0.2) is 11.1 Å². The molecule has 0 heterocycles. The molecular weight excluding hydrogens is 454 g/mol. The van der Waals surface area contributed by atoms with Crippen LogP contribution in [0.5, 0.6) is 0 Å². The van der Waals surface area contributed by atoms with Gasteiger partial charge in [-0.25, -0.2) is 13.6 Å². The van der Waals surface area contributed by atoms with Crippen LogP contribution in [-0.2, 0) is 11.2 Å². The monoisotopic (exact) mass is 476 g/mol. The number of carboxylic acid groups (broad SMARTS) is 1. The highest BCUT2D eigenvalue weighted by molar-refractivity contribution is 6.33. The molecular formula is C29H23ClF2O2. The van der Waals surface area contributed by atoms with Crippen molar-refractivity contribution < 1.29 is 18.7 Å². The van der Waals surface area contributed by atoms with E-state index in [1.807, 2.05) is 62.4 Å². The van der Waals surface area contributed by atoms with E-state index in [1.54, 1.807) is 0 Å². The fourth-order valence-electron chi connectivity index (χ4n) is 4.41. The molecule has 0 saturated heterocycles. The fraction of sp³-hybridized carbons (Fsp3) is 0.138. The average Bonchev–Trinajstić information content (AvgIpc) is 3.21. The third kappa shape index (κ3) is 4.73. The van der Waals surface area contributed by atoms with Crippen molar-refractivity contribution in [2.24, 2.45) is 0 Å². The topological polar surface area (TPSA) is 37.3 Å². The molecule has 1 aliphatic rings. The molecule has 2 nitrogen and oxygen atoms in total. The van der Waals surface area contributed by atoms with E-state index in [-0.39, 0.29) is 11.1 Å². The lowest BCUT2D eigenvalue weighted by Gasteiger charge is -2.19. The molecule has 0 aromatic heterocycles. The molecule has 3 aromatic carbocycles. The summed E-state index contributed by atoms with van der Waals surface area (Å²) in [5.74, 6) is -2.71. The minimum absolute atomic E-state index is 0.135. The zero-order valence-electron chi connectivity index (χ0n) is 18.8. The molecule has 1 aliphatic carbocycles. The smallest absolute Gasteiger partial charge is 0.328 e. The molecule has 0 bridgehead atoms. The van der Waals surface area contributed by atoms with Gasteiger partial charge in [-0.1, -0.05) is 61.0 Å². The number of hydrogen-bond donors (Lipinski definition) is 1. The first kappa shape index (κ1) is 23.7. The SMILES string of the molecule is CC/C(=C(\C1=Cc2ccccc2C1)c1c(F)cc(/C=C/C(=O)O)cc1F)c1ccc(C)cc1Cl. The van der Waals surface area contributed by atoms with E-state index in [2.05, 4.69) is 0 Å². The molecule has 4 rings (SSSR count). The Morgan fingerprint density at radius 1 is 1.09 bits per heavy atom. The highest BCUT2D eigenvalue weighted by Crippen LogP contribution is 2.43. The number of halogens is 3. The van der Waals surface area contributed by atoms with Crippen LogP contribution in [0.4, 0.5) is 8.78 Å². The number of carbonyl (C=O) groups is 1. The van der Waals surface area contributed by atoms with Crippen molar-refractivity contribution in [1.29, 1.82) is 0 Å². The predicted molar refractivity (Wildman–Crippen MR) is 134 cm³/mol. The maximum atomic E-state index is 15.5. The summed E-state index contributed by atoms with van der Waals surface area (Å²) in [5.41, 5.74) is 5.85. The van der Waals surface area contributed by atoms with Crippen LogP contribution in [0.3, 0.4) is 0 Å². The molecule has 0 aliphatic heterocycles. The summed E-state index contributed by atoms with van der Waals surface area (Å²) in [6.07, 6.45) is 5.04. The van der Waals surface area contributed by atoms with Crippen molar-refractivity contribution in [2.75, 3.05) is 0 Å². The zero-order valence-corrected chi connectivity index (χ0v) is 19.6. The molecule has 3 aromatic rings. The summed E-state index contributed by atoms with van der Waals surface area (Å²) in [6.45, 7) is 3.87. The number of aliphatic carboxylic acids is 1. The Kier molecular flexibility index (Phi) is 6.80. The number of fused-ring (bicyclic) bond motifs is 1. The lowest BCUT2D eigenvalue weighted by atomic mass is 9.86. The molecule has 0 atom stereocenters. The van der Waals surface area contributed by atoms with Crippen molar-refractivity contribution in [3.63, 3.8) is 0 Å². The molecule has 0 fully saturated rings. The van der Waals surface area contributed by atoms with Gasteiger partial charge in [-0.2, -0.15) is 0 Å².